The van der Waals surface area contributed by atoms with Crippen LogP contribution in [0.25, 0.3) is 0 Å². The van der Waals surface area contributed by atoms with Gasteiger partial charge in [0.05, 0.1) is 6.10 Å². The van der Waals surface area contributed by atoms with Gasteiger partial charge in [-0.05, 0) is 12.1 Å². The largest absolute Gasteiger partial charge is 0.387 e. The predicted octanol–water partition coefficient (Wildman–Crippen LogP) is 3.47. The molecule has 0 bridgehead atoms. The van der Waals surface area contributed by atoms with Gasteiger partial charge < -0.3 is 10.1 Å². The number of aliphatic hydroxyl groups excluding tert-OH is 1. The number of imidazole rings is 1. The maximum Gasteiger partial charge on any atom is 0.107 e. The molecule has 0 radical (unpaired) electrons. The summed E-state index contributed by atoms with van der Waals surface area (Å²) in [6.07, 6.45) is 3.57. The average Bonchev–Trinajstić information content (AvgIpc) is 2.88. The van der Waals surface area contributed by atoms with Crippen LogP contribution in [0, 0.1) is 0 Å². The van der Waals surface area contributed by atoms with Crippen LogP contribution in [0.3, 0.4) is 0 Å². The number of thioether (sulfide) groups is 1. The zero-order valence-electron chi connectivity index (χ0n) is 9.23. The van der Waals surface area contributed by atoms with Gasteiger partial charge in [-0.15, -0.1) is 11.8 Å². The second-order valence-corrected chi connectivity index (χ2v) is 6.27. The van der Waals surface area contributed by atoms with Gasteiger partial charge in [-0.25, -0.2) is 4.98 Å². The van der Waals surface area contributed by atoms with Crippen molar-refractivity contribution < 1.29 is 5.11 Å². The third kappa shape index (κ3) is 2.14. The van der Waals surface area contributed by atoms with E-state index in [1.54, 1.807) is 30.2 Å². The Morgan fingerprint density at radius 3 is 2.94 bits per heavy atom. The molecule has 0 amide bonds. The Labute approximate surface area is 119 Å². The van der Waals surface area contributed by atoms with E-state index >= 15 is 0 Å². The maximum absolute atomic E-state index is 10.3. The number of halogens is 2. The Kier molecular flexibility index (Phi) is 3.28. The van der Waals surface area contributed by atoms with Crippen LogP contribution < -0.4 is 0 Å². The fourth-order valence-electron chi connectivity index (χ4n) is 2.11. The van der Waals surface area contributed by atoms with E-state index in [1.165, 1.54) is 0 Å². The molecule has 3 nitrogen and oxygen atoms in total. The summed E-state index contributed by atoms with van der Waals surface area (Å²) >= 11 is 13.7. The number of nitrogens with zero attached hydrogens (tertiary/aromatic N) is 1. The molecular weight excluding hydrogens is 291 g/mol. The van der Waals surface area contributed by atoms with Gasteiger partial charge in [0.1, 0.15) is 5.82 Å². The van der Waals surface area contributed by atoms with E-state index in [0.717, 1.165) is 16.3 Å². The summed E-state index contributed by atoms with van der Waals surface area (Å²) in [6.45, 7) is 0. The van der Waals surface area contributed by atoms with Crippen LogP contribution in [0.2, 0.25) is 10.0 Å². The number of hydrogen-bond acceptors (Lipinski definition) is 3. The lowest BCUT2D eigenvalue weighted by Gasteiger charge is -2.12. The molecule has 0 spiro atoms. The van der Waals surface area contributed by atoms with E-state index in [9.17, 15) is 5.11 Å². The number of fused-ring (bicyclic) bond motifs is 1. The summed E-state index contributed by atoms with van der Waals surface area (Å²) in [6, 6.07) is 3.51. The number of nitrogens with one attached hydrogen (secondary N) is 1. The van der Waals surface area contributed by atoms with Gasteiger partial charge in [-0.2, -0.15) is 0 Å². The first-order chi connectivity index (χ1) is 8.65. The first-order valence-corrected chi connectivity index (χ1v) is 7.10. The van der Waals surface area contributed by atoms with Gasteiger partial charge in [0.15, 0.2) is 0 Å². The van der Waals surface area contributed by atoms with Crippen LogP contribution in [0.1, 0.15) is 17.5 Å². The Hall–Kier alpha value is -0.680. The van der Waals surface area contributed by atoms with E-state index in [2.05, 4.69) is 9.97 Å². The third-order valence-electron chi connectivity index (χ3n) is 2.93. The van der Waals surface area contributed by atoms with Gasteiger partial charge in [-0.3, -0.25) is 0 Å². The quantitative estimate of drug-likeness (QED) is 0.893. The summed E-state index contributed by atoms with van der Waals surface area (Å²) in [7, 11) is 0. The molecule has 0 unspecified atom stereocenters. The number of aromatic nitrogens is 2. The molecule has 0 fully saturated rings. The summed E-state index contributed by atoms with van der Waals surface area (Å²) in [5, 5.41) is 11.5. The van der Waals surface area contributed by atoms with Gasteiger partial charge >= 0.3 is 0 Å². The Morgan fingerprint density at radius 2 is 2.22 bits per heavy atom. The van der Waals surface area contributed by atoms with Crippen LogP contribution >= 0.6 is 35.0 Å². The Morgan fingerprint density at radius 1 is 1.39 bits per heavy atom. The molecule has 6 heteroatoms. The SMILES string of the molecule is O[C@H]1c2c(Cl)cc(Cl)cc2S[C@H]1Cc1ncc[nH]1. The monoisotopic (exact) mass is 300 g/mol. The van der Waals surface area contributed by atoms with Crippen LogP contribution in [0.5, 0.6) is 0 Å². The highest BCUT2D eigenvalue weighted by atomic mass is 35.5. The van der Waals surface area contributed by atoms with E-state index < -0.39 is 6.10 Å². The number of benzene rings is 1. The summed E-state index contributed by atoms with van der Waals surface area (Å²) in [5.41, 5.74) is 0.780. The van der Waals surface area contributed by atoms with E-state index in [-0.39, 0.29) is 5.25 Å². The van der Waals surface area contributed by atoms with Crippen molar-refractivity contribution in [2.75, 3.05) is 0 Å². The molecule has 1 aliphatic rings. The Bertz CT molecular complexity index is 574. The average molecular weight is 301 g/mol. The molecule has 0 saturated heterocycles. The first kappa shape index (κ1) is 12.4. The highest BCUT2D eigenvalue weighted by Crippen LogP contribution is 2.49. The number of H-pyrrole nitrogens is 1. The fraction of sp³-hybridized carbons (Fsp3) is 0.250. The second-order valence-electron chi connectivity index (χ2n) is 4.14. The molecular formula is C12H10Cl2N2OS. The third-order valence-corrected chi connectivity index (χ3v) is 4.78. The molecule has 0 aliphatic carbocycles. The molecule has 2 heterocycles. The van der Waals surface area contributed by atoms with Crippen molar-refractivity contribution >= 4 is 35.0 Å². The normalized spacial score (nSPS) is 22.2. The van der Waals surface area contributed by atoms with Crippen molar-refractivity contribution in [1.29, 1.82) is 0 Å². The molecule has 2 aromatic rings. The summed E-state index contributed by atoms with van der Waals surface area (Å²) in [4.78, 5) is 8.18. The minimum absolute atomic E-state index is 0.0158. The lowest BCUT2D eigenvalue weighted by Crippen LogP contribution is -2.13. The molecule has 1 aromatic heterocycles. The zero-order valence-corrected chi connectivity index (χ0v) is 11.6. The fourth-order valence-corrected chi connectivity index (χ4v) is 4.22. The number of hydrogen-bond donors (Lipinski definition) is 2. The molecule has 94 valence electrons. The van der Waals surface area contributed by atoms with Gasteiger partial charge in [0, 0.05) is 44.6 Å². The van der Waals surface area contributed by atoms with E-state index in [1.807, 2.05) is 6.07 Å². The summed E-state index contributed by atoms with van der Waals surface area (Å²) < 4.78 is 0. The topological polar surface area (TPSA) is 48.9 Å². The molecule has 0 saturated carbocycles. The van der Waals surface area contributed by atoms with E-state index in [4.69, 9.17) is 23.2 Å². The predicted molar refractivity (Wildman–Crippen MR) is 73.4 cm³/mol. The zero-order chi connectivity index (χ0) is 12.7. The minimum Gasteiger partial charge on any atom is -0.387 e. The molecule has 1 aliphatic heterocycles. The van der Waals surface area contributed by atoms with Crippen molar-refractivity contribution in [2.24, 2.45) is 0 Å². The molecule has 18 heavy (non-hydrogen) atoms. The van der Waals surface area contributed by atoms with Crippen molar-refractivity contribution in [1.82, 2.24) is 9.97 Å². The smallest absolute Gasteiger partial charge is 0.107 e. The van der Waals surface area contributed by atoms with E-state index in [0.29, 0.717) is 16.5 Å². The molecule has 1 aromatic carbocycles. The van der Waals surface area contributed by atoms with Crippen molar-refractivity contribution in [2.45, 2.75) is 22.7 Å². The lowest BCUT2D eigenvalue weighted by molar-refractivity contribution is 0.175. The van der Waals surface area contributed by atoms with Crippen molar-refractivity contribution in [3.05, 3.63) is 46.0 Å². The Balaban J connectivity index is 1.89. The highest BCUT2D eigenvalue weighted by Gasteiger charge is 2.34. The van der Waals surface area contributed by atoms with Gasteiger partial charge in [0.25, 0.3) is 0 Å². The first-order valence-electron chi connectivity index (χ1n) is 5.47. The standard InChI is InChI=1S/C12H10Cl2N2OS/c13-6-3-7(14)11-8(4-6)18-9(12(11)17)5-10-15-1-2-16-10/h1-4,9,12,17H,5H2,(H,15,16)/t9-,12+/m0/s1. The van der Waals surface area contributed by atoms with Crippen LogP contribution in [0.4, 0.5) is 0 Å². The number of rotatable bonds is 2. The van der Waals surface area contributed by atoms with Gasteiger partial charge in [0.2, 0.25) is 0 Å². The van der Waals surface area contributed by atoms with Gasteiger partial charge in [-0.1, -0.05) is 23.2 Å². The van der Waals surface area contributed by atoms with Crippen LogP contribution in [0.15, 0.2) is 29.4 Å². The summed E-state index contributed by atoms with van der Waals surface area (Å²) in [5.74, 6) is 0.863. The molecule has 2 N–H and O–H groups in total. The highest BCUT2D eigenvalue weighted by molar-refractivity contribution is 8.00. The maximum atomic E-state index is 10.3. The molecule has 3 rings (SSSR count). The van der Waals surface area contributed by atoms with Crippen molar-refractivity contribution in [3.8, 4) is 0 Å². The number of aliphatic hydroxyl groups is 1. The van der Waals surface area contributed by atoms with Crippen LogP contribution in [-0.4, -0.2) is 20.3 Å². The molecule has 2 atom stereocenters. The van der Waals surface area contributed by atoms with Crippen molar-refractivity contribution in [3.63, 3.8) is 0 Å². The lowest BCUT2D eigenvalue weighted by atomic mass is 10.0. The second kappa shape index (κ2) is 4.78. The minimum atomic E-state index is -0.583. The number of aromatic amines is 1. The van der Waals surface area contributed by atoms with Crippen LogP contribution in [-0.2, 0) is 6.42 Å².